The Morgan fingerprint density at radius 3 is 2.52 bits per heavy atom. The molecule has 1 aromatic rings. The lowest BCUT2D eigenvalue weighted by Crippen LogP contribution is -2.49. The third-order valence-electron chi connectivity index (χ3n) is 2.92. The SMILES string of the molecule is CCN(O)C(=O)N[C@@H](C)C(=O)NCC(=O)OCc1ccccc1. The first kappa shape index (κ1) is 18.4. The number of nitrogens with zero attached hydrogens (tertiary/aromatic N) is 1. The van der Waals surface area contributed by atoms with Crippen LogP contribution in [0.25, 0.3) is 0 Å². The van der Waals surface area contributed by atoms with Crippen LogP contribution in [0, 0.1) is 0 Å². The van der Waals surface area contributed by atoms with Crippen LogP contribution in [0.15, 0.2) is 30.3 Å². The number of nitrogens with one attached hydrogen (secondary N) is 2. The van der Waals surface area contributed by atoms with E-state index < -0.39 is 23.9 Å². The van der Waals surface area contributed by atoms with Crippen molar-refractivity contribution in [3.8, 4) is 0 Å². The molecule has 0 saturated heterocycles. The molecule has 0 heterocycles. The molecule has 3 N–H and O–H groups in total. The maximum atomic E-state index is 11.7. The van der Waals surface area contributed by atoms with E-state index in [1.807, 2.05) is 30.3 Å². The summed E-state index contributed by atoms with van der Waals surface area (Å²) in [6.45, 7) is 2.92. The Balaban J connectivity index is 2.29. The number of ether oxygens (including phenoxy) is 1. The molecule has 0 radical (unpaired) electrons. The Morgan fingerprint density at radius 2 is 1.91 bits per heavy atom. The van der Waals surface area contributed by atoms with Crippen molar-refractivity contribution >= 4 is 17.9 Å². The van der Waals surface area contributed by atoms with Gasteiger partial charge in [0.05, 0.1) is 0 Å². The monoisotopic (exact) mass is 323 g/mol. The summed E-state index contributed by atoms with van der Waals surface area (Å²) < 4.78 is 5.01. The number of esters is 1. The fourth-order valence-corrected chi connectivity index (χ4v) is 1.57. The molecule has 0 saturated carbocycles. The summed E-state index contributed by atoms with van der Waals surface area (Å²) in [4.78, 5) is 34.7. The van der Waals surface area contributed by atoms with Crippen molar-refractivity contribution in [1.29, 1.82) is 0 Å². The lowest BCUT2D eigenvalue weighted by atomic mass is 10.2. The van der Waals surface area contributed by atoms with E-state index >= 15 is 0 Å². The van der Waals surface area contributed by atoms with Gasteiger partial charge in [-0.15, -0.1) is 0 Å². The highest BCUT2D eigenvalue weighted by molar-refractivity contribution is 5.88. The van der Waals surface area contributed by atoms with Crippen LogP contribution in [0.4, 0.5) is 4.79 Å². The molecule has 8 heteroatoms. The van der Waals surface area contributed by atoms with E-state index in [-0.39, 0.29) is 19.7 Å². The summed E-state index contributed by atoms with van der Waals surface area (Å²) in [6, 6.07) is 7.46. The van der Waals surface area contributed by atoms with E-state index in [2.05, 4.69) is 10.6 Å². The first-order valence-electron chi connectivity index (χ1n) is 7.18. The number of carbonyl (C=O) groups excluding carboxylic acids is 3. The molecule has 1 aromatic carbocycles. The molecule has 23 heavy (non-hydrogen) atoms. The quantitative estimate of drug-likeness (QED) is 0.388. The fraction of sp³-hybridized carbons (Fsp3) is 0.400. The minimum absolute atomic E-state index is 0.0893. The zero-order valence-electron chi connectivity index (χ0n) is 13.1. The van der Waals surface area contributed by atoms with E-state index in [0.29, 0.717) is 5.06 Å². The van der Waals surface area contributed by atoms with Gasteiger partial charge >= 0.3 is 12.0 Å². The van der Waals surface area contributed by atoms with Gasteiger partial charge in [0.25, 0.3) is 0 Å². The van der Waals surface area contributed by atoms with Crippen LogP contribution in [0.2, 0.25) is 0 Å². The van der Waals surface area contributed by atoms with Crippen LogP contribution in [0.5, 0.6) is 0 Å². The zero-order valence-corrected chi connectivity index (χ0v) is 13.1. The number of rotatable bonds is 7. The van der Waals surface area contributed by atoms with Crippen molar-refractivity contribution in [3.63, 3.8) is 0 Å². The Bertz CT molecular complexity index is 535. The zero-order chi connectivity index (χ0) is 17.2. The second-order valence-electron chi connectivity index (χ2n) is 4.75. The molecule has 1 rings (SSSR count). The Labute approximate surface area is 134 Å². The third kappa shape index (κ3) is 6.79. The van der Waals surface area contributed by atoms with E-state index in [4.69, 9.17) is 9.94 Å². The van der Waals surface area contributed by atoms with Crippen molar-refractivity contribution in [2.24, 2.45) is 0 Å². The van der Waals surface area contributed by atoms with Crippen LogP contribution >= 0.6 is 0 Å². The molecule has 0 aromatic heterocycles. The molecule has 1 atom stereocenters. The standard InChI is InChI=1S/C15H21N3O5/c1-3-18(22)15(21)17-11(2)14(20)16-9-13(19)23-10-12-7-5-4-6-8-12/h4-8,11,22H,3,9-10H2,1-2H3,(H,16,20)(H,17,21)/t11-/m0/s1. The molecule has 126 valence electrons. The first-order valence-corrected chi connectivity index (χ1v) is 7.18. The van der Waals surface area contributed by atoms with E-state index in [9.17, 15) is 14.4 Å². The summed E-state index contributed by atoms with van der Waals surface area (Å²) >= 11 is 0. The Morgan fingerprint density at radius 1 is 1.26 bits per heavy atom. The Hall–Kier alpha value is -2.61. The molecule has 0 aliphatic rings. The van der Waals surface area contributed by atoms with Gasteiger partial charge in [0.15, 0.2) is 0 Å². The molecular weight excluding hydrogens is 302 g/mol. The predicted octanol–water partition coefficient (Wildman–Crippen LogP) is 0.655. The molecule has 0 unspecified atom stereocenters. The maximum Gasteiger partial charge on any atom is 0.341 e. The number of urea groups is 1. The highest BCUT2D eigenvalue weighted by Gasteiger charge is 2.18. The van der Waals surface area contributed by atoms with Crippen molar-refractivity contribution in [2.45, 2.75) is 26.5 Å². The number of benzene rings is 1. The summed E-state index contributed by atoms with van der Waals surface area (Å²) in [5.74, 6) is -1.14. The third-order valence-corrected chi connectivity index (χ3v) is 2.92. The van der Waals surface area contributed by atoms with Crippen molar-refractivity contribution in [3.05, 3.63) is 35.9 Å². The molecular formula is C15H21N3O5. The minimum Gasteiger partial charge on any atom is -0.460 e. The van der Waals surface area contributed by atoms with Gasteiger partial charge in [-0.2, -0.15) is 0 Å². The number of carbonyl (C=O) groups is 3. The lowest BCUT2D eigenvalue weighted by molar-refractivity contribution is -0.145. The summed E-state index contributed by atoms with van der Waals surface area (Å²) in [6.07, 6.45) is 0. The molecule has 0 bridgehead atoms. The normalized spacial score (nSPS) is 11.3. The number of hydrogen-bond donors (Lipinski definition) is 3. The van der Waals surface area contributed by atoms with Crippen LogP contribution in [-0.2, 0) is 20.9 Å². The van der Waals surface area contributed by atoms with Crippen molar-refractivity contribution < 1.29 is 24.3 Å². The summed E-state index contributed by atoms with van der Waals surface area (Å²) in [5, 5.41) is 14.2. The molecule has 0 fully saturated rings. The number of amides is 3. The molecule has 8 nitrogen and oxygen atoms in total. The molecule has 0 spiro atoms. The van der Waals surface area contributed by atoms with E-state index in [1.54, 1.807) is 6.92 Å². The summed E-state index contributed by atoms with van der Waals surface area (Å²) in [7, 11) is 0. The minimum atomic E-state index is -0.898. The van der Waals surface area contributed by atoms with Crippen LogP contribution in [0.3, 0.4) is 0 Å². The van der Waals surface area contributed by atoms with Crippen LogP contribution < -0.4 is 10.6 Å². The van der Waals surface area contributed by atoms with Gasteiger partial charge in [0.2, 0.25) is 5.91 Å². The van der Waals surface area contributed by atoms with Gasteiger partial charge in [-0.25, -0.2) is 9.86 Å². The highest BCUT2D eigenvalue weighted by Crippen LogP contribution is 2.00. The molecule has 0 aliphatic heterocycles. The predicted molar refractivity (Wildman–Crippen MR) is 81.4 cm³/mol. The Kier molecular flexibility index (Phi) is 7.55. The molecule has 3 amide bonds. The maximum absolute atomic E-state index is 11.7. The average Bonchev–Trinajstić information content (AvgIpc) is 2.57. The first-order chi connectivity index (χ1) is 10.9. The van der Waals surface area contributed by atoms with Gasteiger partial charge in [0.1, 0.15) is 19.2 Å². The van der Waals surface area contributed by atoms with Gasteiger partial charge in [0, 0.05) is 6.54 Å². The van der Waals surface area contributed by atoms with Crippen LogP contribution in [-0.4, -0.2) is 47.3 Å². The van der Waals surface area contributed by atoms with Gasteiger partial charge in [-0.3, -0.25) is 14.8 Å². The summed E-state index contributed by atoms with van der Waals surface area (Å²) in [5.41, 5.74) is 0.843. The molecule has 0 aliphatic carbocycles. The van der Waals surface area contributed by atoms with Crippen molar-refractivity contribution in [1.82, 2.24) is 15.7 Å². The average molecular weight is 323 g/mol. The van der Waals surface area contributed by atoms with Gasteiger partial charge in [-0.05, 0) is 19.4 Å². The van der Waals surface area contributed by atoms with Gasteiger partial charge < -0.3 is 15.4 Å². The second-order valence-corrected chi connectivity index (χ2v) is 4.75. The second kappa shape index (κ2) is 9.42. The smallest absolute Gasteiger partial charge is 0.341 e. The lowest BCUT2D eigenvalue weighted by Gasteiger charge is -2.18. The van der Waals surface area contributed by atoms with Crippen LogP contribution in [0.1, 0.15) is 19.4 Å². The van der Waals surface area contributed by atoms with Crippen molar-refractivity contribution in [2.75, 3.05) is 13.1 Å². The fourth-order valence-electron chi connectivity index (χ4n) is 1.57. The highest BCUT2D eigenvalue weighted by atomic mass is 16.5. The largest absolute Gasteiger partial charge is 0.460 e. The van der Waals surface area contributed by atoms with E-state index in [0.717, 1.165) is 5.56 Å². The number of hydrogen-bond acceptors (Lipinski definition) is 5. The van der Waals surface area contributed by atoms with Gasteiger partial charge in [-0.1, -0.05) is 30.3 Å². The van der Waals surface area contributed by atoms with E-state index in [1.165, 1.54) is 6.92 Å². The number of hydroxylamine groups is 2. The topological polar surface area (TPSA) is 108 Å².